The van der Waals surface area contributed by atoms with Crippen LogP contribution in [0.5, 0.6) is 5.75 Å². The summed E-state index contributed by atoms with van der Waals surface area (Å²) in [4.78, 5) is 15.0. The molecule has 3 aromatic rings. The first-order chi connectivity index (χ1) is 15.9. The van der Waals surface area contributed by atoms with Crippen LogP contribution in [-0.4, -0.2) is 30.6 Å². The summed E-state index contributed by atoms with van der Waals surface area (Å²) in [7, 11) is 0. The molecule has 172 valence electrons. The summed E-state index contributed by atoms with van der Waals surface area (Å²) in [6.45, 7) is 5.55. The van der Waals surface area contributed by atoms with Gasteiger partial charge >= 0.3 is 6.03 Å². The number of benzene rings is 3. The van der Waals surface area contributed by atoms with E-state index in [2.05, 4.69) is 11.4 Å². The lowest BCUT2D eigenvalue weighted by Gasteiger charge is -2.24. The summed E-state index contributed by atoms with van der Waals surface area (Å²) in [5, 5.41) is 4.19. The second-order valence-corrected chi connectivity index (χ2v) is 8.54. The lowest BCUT2D eigenvalue weighted by molar-refractivity contribution is 0.216. The van der Waals surface area contributed by atoms with Gasteiger partial charge < -0.3 is 15.0 Å². The minimum Gasteiger partial charge on any atom is -0.494 e. The lowest BCUT2D eigenvalue weighted by Crippen LogP contribution is -2.37. The zero-order valence-electron chi connectivity index (χ0n) is 18.9. The first-order valence-corrected chi connectivity index (χ1v) is 11.6. The Labute approximate surface area is 205 Å². The Morgan fingerprint density at radius 3 is 2.42 bits per heavy atom. The SMILES string of the molecule is CCOc1ccc(NC(=O)N(CCc2ccc(Cl)cc2Cl)C/C(C)=C/c2ccccc2)cc1. The van der Waals surface area contributed by atoms with E-state index < -0.39 is 0 Å². The van der Waals surface area contributed by atoms with Crippen molar-refractivity contribution in [2.45, 2.75) is 20.3 Å². The Morgan fingerprint density at radius 1 is 1.03 bits per heavy atom. The van der Waals surface area contributed by atoms with E-state index in [1.165, 1.54) is 0 Å². The van der Waals surface area contributed by atoms with E-state index in [1.54, 1.807) is 11.0 Å². The number of nitrogens with zero attached hydrogens (tertiary/aromatic N) is 1. The molecule has 1 N–H and O–H groups in total. The molecule has 0 bridgehead atoms. The van der Waals surface area contributed by atoms with Crippen LogP contribution in [-0.2, 0) is 6.42 Å². The van der Waals surface area contributed by atoms with Gasteiger partial charge in [-0.15, -0.1) is 0 Å². The molecule has 0 aromatic heterocycles. The normalized spacial score (nSPS) is 11.2. The second kappa shape index (κ2) is 12.3. The highest BCUT2D eigenvalue weighted by molar-refractivity contribution is 6.35. The fourth-order valence-electron chi connectivity index (χ4n) is 3.42. The highest BCUT2D eigenvalue weighted by Gasteiger charge is 2.15. The number of rotatable bonds is 9. The van der Waals surface area contributed by atoms with Gasteiger partial charge in [0.15, 0.2) is 0 Å². The quantitative estimate of drug-likeness (QED) is 0.341. The molecule has 0 spiro atoms. The minimum atomic E-state index is -0.176. The third-order valence-electron chi connectivity index (χ3n) is 5.02. The van der Waals surface area contributed by atoms with Gasteiger partial charge in [-0.2, -0.15) is 0 Å². The number of nitrogens with one attached hydrogen (secondary N) is 1. The molecule has 0 heterocycles. The van der Waals surface area contributed by atoms with Crippen LogP contribution < -0.4 is 10.1 Å². The molecule has 0 radical (unpaired) electrons. The van der Waals surface area contributed by atoms with Crippen LogP contribution in [0.15, 0.2) is 78.4 Å². The van der Waals surface area contributed by atoms with Crippen LogP contribution in [0.2, 0.25) is 10.0 Å². The van der Waals surface area contributed by atoms with E-state index >= 15 is 0 Å². The smallest absolute Gasteiger partial charge is 0.322 e. The summed E-state index contributed by atoms with van der Waals surface area (Å²) in [6.07, 6.45) is 2.71. The van der Waals surface area contributed by atoms with Crippen molar-refractivity contribution in [1.82, 2.24) is 4.90 Å². The molecule has 0 aliphatic rings. The number of urea groups is 1. The number of carbonyl (C=O) groups excluding carboxylic acids is 1. The van der Waals surface area contributed by atoms with Gasteiger partial charge in [0, 0.05) is 28.8 Å². The molecular weight excluding hydrogens is 455 g/mol. The fourth-order valence-corrected chi connectivity index (χ4v) is 3.92. The number of hydrogen-bond acceptors (Lipinski definition) is 2. The topological polar surface area (TPSA) is 41.6 Å². The third kappa shape index (κ3) is 7.85. The van der Waals surface area contributed by atoms with Crippen molar-refractivity contribution in [2.75, 3.05) is 25.0 Å². The van der Waals surface area contributed by atoms with Gasteiger partial charge in [0.25, 0.3) is 0 Å². The number of anilines is 1. The Balaban J connectivity index is 1.74. The minimum absolute atomic E-state index is 0.176. The summed E-state index contributed by atoms with van der Waals surface area (Å²) in [5.74, 6) is 0.770. The molecule has 0 aliphatic carbocycles. The van der Waals surface area contributed by atoms with Crippen molar-refractivity contribution in [3.63, 3.8) is 0 Å². The van der Waals surface area contributed by atoms with Crippen molar-refractivity contribution in [1.29, 1.82) is 0 Å². The molecule has 0 aliphatic heterocycles. The predicted molar refractivity (Wildman–Crippen MR) is 138 cm³/mol. The van der Waals surface area contributed by atoms with Gasteiger partial charge in [-0.1, -0.05) is 71.2 Å². The zero-order chi connectivity index (χ0) is 23.6. The number of ether oxygens (including phenoxy) is 1. The first kappa shape index (κ1) is 24.7. The van der Waals surface area contributed by atoms with E-state index in [-0.39, 0.29) is 6.03 Å². The number of carbonyl (C=O) groups is 1. The van der Waals surface area contributed by atoms with Crippen molar-refractivity contribution in [2.24, 2.45) is 0 Å². The van der Waals surface area contributed by atoms with Gasteiger partial charge in [0.1, 0.15) is 5.75 Å². The molecule has 3 aromatic carbocycles. The molecule has 0 saturated carbocycles. The number of amides is 2. The largest absolute Gasteiger partial charge is 0.494 e. The van der Waals surface area contributed by atoms with Gasteiger partial charge in [0.05, 0.1) is 6.61 Å². The van der Waals surface area contributed by atoms with Crippen LogP contribution in [0.4, 0.5) is 10.5 Å². The van der Waals surface area contributed by atoms with Crippen molar-refractivity contribution < 1.29 is 9.53 Å². The lowest BCUT2D eigenvalue weighted by atomic mass is 10.1. The molecule has 2 amide bonds. The predicted octanol–water partition coefficient (Wildman–Crippen LogP) is 7.57. The molecule has 0 atom stereocenters. The van der Waals surface area contributed by atoms with Crippen molar-refractivity contribution in [3.8, 4) is 5.75 Å². The van der Waals surface area contributed by atoms with Crippen LogP contribution >= 0.6 is 23.2 Å². The molecule has 4 nitrogen and oxygen atoms in total. The van der Waals surface area contributed by atoms with Crippen LogP contribution in [0.3, 0.4) is 0 Å². The average molecular weight is 483 g/mol. The molecule has 33 heavy (non-hydrogen) atoms. The average Bonchev–Trinajstić information content (AvgIpc) is 2.79. The highest BCUT2D eigenvalue weighted by Crippen LogP contribution is 2.22. The Morgan fingerprint density at radius 2 is 1.76 bits per heavy atom. The fraction of sp³-hybridized carbons (Fsp3) is 0.222. The van der Waals surface area contributed by atoms with E-state index in [0.717, 1.165) is 22.4 Å². The molecular formula is C27H28Cl2N2O2. The van der Waals surface area contributed by atoms with Crippen LogP contribution in [0.25, 0.3) is 6.08 Å². The highest BCUT2D eigenvalue weighted by atomic mass is 35.5. The molecule has 0 saturated heterocycles. The Hall–Kier alpha value is -2.95. The van der Waals surface area contributed by atoms with Gasteiger partial charge in [-0.05, 0) is 67.8 Å². The van der Waals surface area contributed by atoms with Crippen LogP contribution in [0, 0.1) is 0 Å². The molecule has 0 unspecified atom stereocenters. The first-order valence-electron chi connectivity index (χ1n) is 10.9. The van der Waals surface area contributed by atoms with Gasteiger partial charge in [-0.25, -0.2) is 4.79 Å². The number of halogens is 2. The van der Waals surface area contributed by atoms with E-state index in [4.69, 9.17) is 27.9 Å². The van der Waals surface area contributed by atoms with Crippen molar-refractivity contribution >= 4 is 41.0 Å². The summed E-state index contributed by atoms with van der Waals surface area (Å²) in [6, 6.07) is 22.7. The Kier molecular flexibility index (Phi) is 9.23. The molecule has 6 heteroatoms. The number of hydrogen-bond donors (Lipinski definition) is 1. The summed E-state index contributed by atoms with van der Waals surface area (Å²) in [5.41, 5.74) is 3.83. The standard InChI is InChI=1S/C27H28Cl2N2O2/c1-3-33-25-13-11-24(12-14-25)30-27(32)31(16-15-22-9-10-23(28)18-26(22)29)19-20(2)17-21-7-5-4-6-8-21/h4-14,17-18H,3,15-16,19H2,1-2H3,(H,30,32)/b20-17+. The van der Waals surface area contributed by atoms with E-state index in [0.29, 0.717) is 41.8 Å². The molecule has 0 fully saturated rings. The van der Waals surface area contributed by atoms with E-state index in [9.17, 15) is 4.79 Å². The molecule has 3 rings (SSSR count). The summed E-state index contributed by atoms with van der Waals surface area (Å²) >= 11 is 12.4. The van der Waals surface area contributed by atoms with Crippen LogP contribution in [0.1, 0.15) is 25.0 Å². The van der Waals surface area contributed by atoms with Gasteiger partial charge in [-0.3, -0.25) is 0 Å². The second-order valence-electron chi connectivity index (χ2n) is 7.70. The maximum atomic E-state index is 13.2. The maximum Gasteiger partial charge on any atom is 0.322 e. The van der Waals surface area contributed by atoms with Gasteiger partial charge in [0.2, 0.25) is 0 Å². The third-order valence-corrected chi connectivity index (χ3v) is 5.61. The summed E-state index contributed by atoms with van der Waals surface area (Å²) < 4.78 is 5.48. The zero-order valence-corrected chi connectivity index (χ0v) is 20.4. The Bertz CT molecular complexity index is 1080. The maximum absolute atomic E-state index is 13.2. The monoisotopic (exact) mass is 482 g/mol. The van der Waals surface area contributed by atoms with Crippen molar-refractivity contribution in [3.05, 3.63) is 99.5 Å². The van der Waals surface area contributed by atoms with E-state index in [1.807, 2.05) is 80.6 Å².